The minimum atomic E-state index is 0.121. The van der Waals surface area contributed by atoms with E-state index in [1.165, 1.54) is 9.69 Å². The van der Waals surface area contributed by atoms with Gasteiger partial charge in [-0.05, 0) is 35.7 Å². The second-order valence-corrected chi connectivity index (χ2v) is 3.91. The van der Waals surface area contributed by atoms with Gasteiger partial charge in [-0.15, -0.1) is 26.8 Å². The Hall–Kier alpha value is -1.87. The van der Waals surface area contributed by atoms with Gasteiger partial charge in [-0.25, -0.2) is 0 Å². The zero-order valence-corrected chi connectivity index (χ0v) is 9.48. The number of nitrogens with zero attached hydrogens (tertiary/aromatic N) is 5. The third-order valence-electron chi connectivity index (χ3n) is 2.01. The largest absolute Gasteiger partial charge is 0.204 e. The molecule has 0 radical (unpaired) electrons. The van der Waals surface area contributed by atoms with E-state index in [-0.39, 0.29) is 6.54 Å². The van der Waals surface area contributed by atoms with Crippen LogP contribution in [-0.4, -0.2) is 26.5 Å². The molecule has 0 N–H and O–H groups in total. The number of rotatable bonds is 3. The SMILES string of the molecule is CSc1ccc(-c2nnn(CC#N)n2)cc1. The highest BCUT2D eigenvalue weighted by molar-refractivity contribution is 7.98. The van der Waals surface area contributed by atoms with Crippen LogP contribution in [-0.2, 0) is 6.54 Å². The Labute approximate surface area is 97.1 Å². The minimum Gasteiger partial charge on any atom is -0.196 e. The van der Waals surface area contributed by atoms with E-state index in [1.807, 2.05) is 36.6 Å². The van der Waals surface area contributed by atoms with Crippen LogP contribution in [0.3, 0.4) is 0 Å². The number of benzene rings is 1. The molecule has 0 unspecified atom stereocenters. The lowest BCUT2D eigenvalue weighted by Crippen LogP contribution is -1.99. The summed E-state index contributed by atoms with van der Waals surface area (Å²) in [6, 6.07) is 9.86. The maximum atomic E-state index is 8.49. The van der Waals surface area contributed by atoms with Crippen LogP contribution in [0.4, 0.5) is 0 Å². The quantitative estimate of drug-likeness (QED) is 0.750. The number of aromatic nitrogens is 4. The summed E-state index contributed by atoms with van der Waals surface area (Å²) in [7, 11) is 0. The first kappa shape index (κ1) is 10.6. The van der Waals surface area contributed by atoms with Crippen molar-refractivity contribution in [3.63, 3.8) is 0 Å². The van der Waals surface area contributed by atoms with E-state index in [4.69, 9.17) is 5.26 Å². The Bertz CT molecular complexity index is 511. The molecule has 0 atom stereocenters. The fourth-order valence-electron chi connectivity index (χ4n) is 1.23. The first-order valence-electron chi connectivity index (χ1n) is 4.62. The molecule has 0 saturated heterocycles. The second-order valence-electron chi connectivity index (χ2n) is 3.03. The molecule has 0 aliphatic rings. The molecule has 0 amide bonds. The lowest BCUT2D eigenvalue weighted by atomic mass is 10.2. The summed E-state index contributed by atoms with van der Waals surface area (Å²) in [5, 5.41) is 20.2. The highest BCUT2D eigenvalue weighted by Crippen LogP contribution is 2.19. The van der Waals surface area contributed by atoms with E-state index in [9.17, 15) is 0 Å². The summed E-state index contributed by atoms with van der Waals surface area (Å²) in [6.07, 6.45) is 2.02. The zero-order chi connectivity index (χ0) is 11.4. The smallest absolute Gasteiger partial charge is 0.196 e. The van der Waals surface area contributed by atoms with Crippen molar-refractivity contribution in [2.75, 3.05) is 6.26 Å². The Kier molecular flexibility index (Phi) is 3.17. The standard InChI is InChI=1S/C10H9N5S/c1-16-9-4-2-8(3-5-9)10-12-14-15(13-10)7-6-11/h2-5H,7H2,1H3. The molecule has 2 aromatic rings. The fourth-order valence-corrected chi connectivity index (χ4v) is 1.64. The highest BCUT2D eigenvalue weighted by Gasteiger charge is 2.04. The number of hydrogen-bond donors (Lipinski definition) is 0. The van der Waals surface area contributed by atoms with Gasteiger partial charge < -0.3 is 0 Å². The molecule has 1 aromatic carbocycles. The van der Waals surface area contributed by atoms with Crippen LogP contribution < -0.4 is 0 Å². The summed E-state index contributed by atoms with van der Waals surface area (Å²) in [4.78, 5) is 2.46. The Morgan fingerprint density at radius 3 is 2.75 bits per heavy atom. The molecule has 0 bridgehead atoms. The number of tetrazole rings is 1. The lowest BCUT2D eigenvalue weighted by Gasteiger charge is -1.96. The van der Waals surface area contributed by atoms with E-state index < -0.39 is 0 Å². The monoisotopic (exact) mass is 231 g/mol. The van der Waals surface area contributed by atoms with E-state index in [2.05, 4.69) is 15.4 Å². The van der Waals surface area contributed by atoms with Gasteiger partial charge in [0.15, 0.2) is 0 Å². The van der Waals surface area contributed by atoms with Gasteiger partial charge in [0.2, 0.25) is 5.82 Å². The minimum absolute atomic E-state index is 0.121. The molecule has 0 saturated carbocycles. The maximum Gasteiger partial charge on any atom is 0.204 e. The average molecular weight is 231 g/mol. The summed E-state index contributed by atoms with van der Waals surface area (Å²) in [5.41, 5.74) is 0.905. The van der Waals surface area contributed by atoms with Gasteiger partial charge in [-0.2, -0.15) is 5.26 Å². The van der Waals surface area contributed by atoms with Crippen LogP contribution in [0.15, 0.2) is 29.2 Å². The molecule has 0 spiro atoms. The summed E-state index contributed by atoms with van der Waals surface area (Å²) in [6.45, 7) is 0.121. The normalized spacial score (nSPS) is 10.0. The third-order valence-corrected chi connectivity index (χ3v) is 2.76. The van der Waals surface area contributed by atoms with E-state index in [0.29, 0.717) is 5.82 Å². The molecule has 5 nitrogen and oxygen atoms in total. The molecule has 1 aromatic heterocycles. The molecule has 16 heavy (non-hydrogen) atoms. The van der Waals surface area contributed by atoms with Crippen LogP contribution in [0.1, 0.15) is 0 Å². The van der Waals surface area contributed by atoms with Crippen LogP contribution in [0.2, 0.25) is 0 Å². The molecule has 1 heterocycles. The molecule has 6 heteroatoms. The summed E-state index contributed by atoms with van der Waals surface area (Å²) in [5.74, 6) is 0.544. The average Bonchev–Trinajstić information content (AvgIpc) is 2.78. The predicted molar refractivity (Wildman–Crippen MR) is 60.6 cm³/mol. The fraction of sp³-hybridized carbons (Fsp3) is 0.200. The van der Waals surface area contributed by atoms with Crippen molar-refractivity contribution in [1.29, 1.82) is 5.26 Å². The van der Waals surface area contributed by atoms with Gasteiger partial charge in [0.25, 0.3) is 0 Å². The molecule has 0 aliphatic heterocycles. The van der Waals surface area contributed by atoms with Crippen molar-refractivity contribution < 1.29 is 0 Å². The van der Waals surface area contributed by atoms with Crippen molar-refractivity contribution in [1.82, 2.24) is 20.2 Å². The first-order valence-corrected chi connectivity index (χ1v) is 5.85. The van der Waals surface area contributed by atoms with Gasteiger partial charge >= 0.3 is 0 Å². The second kappa shape index (κ2) is 4.77. The zero-order valence-electron chi connectivity index (χ0n) is 8.66. The van der Waals surface area contributed by atoms with E-state index in [0.717, 1.165) is 5.56 Å². The van der Waals surface area contributed by atoms with Gasteiger partial charge in [0.05, 0.1) is 6.07 Å². The van der Waals surface area contributed by atoms with Crippen molar-refractivity contribution in [2.24, 2.45) is 0 Å². The Morgan fingerprint density at radius 2 is 2.12 bits per heavy atom. The Morgan fingerprint density at radius 1 is 1.38 bits per heavy atom. The predicted octanol–water partition coefficient (Wildman–Crippen LogP) is 1.59. The van der Waals surface area contributed by atoms with Gasteiger partial charge in [-0.1, -0.05) is 0 Å². The maximum absolute atomic E-state index is 8.49. The summed E-state index contributed by atoms with van der Waals surface area (Å²) < 4.78 is 0. The van der Waals surface area contributed by atoms with Crippen molar-refractivity contribution in [3.05, 3.63) is 24.3 Å². The number of thioether (sulfide) groups is 1. The molecular weight excluding hydrogens is 222 g/mol. The Balaban J connectivity index is 2.25. The van der Waals surface area contributed by atoms with Gasteiger partial charge in [-0.3, -0.25) is 0 Å². The molecule has 0 aliphatic carbocycles. The lowest BCUT2D eigenvalue weighted by molar-refractivity contribution is 0.589. The number of hydrogen-bond acceptors (Lipinski definition) is 5. The van der Waals surface area contributed by atoms with Gasteiger partial charge in [0, 0.05) is 10.5 Å². The topological polar surface area (TPSA) is 67.4 Å². The summed E-state index contributed by atoms with van der Waals surface area (Å²) >= 11 is 1.68. The van der Waals surface area contributed by atoms with Crippen LogP contribution >= 0.6 is 11.8 Å². The first-order chi connectivity index (χ1) is 7.83. The molecular formula is C10H9N5S. The number of nitriles is 1. The highest BCUT2D eigenvalue weighted by atomic mass is 32.2. The molecule has 80 valence electrons. The van der Waals surface area contributed by atoms with E-state index in [1.54, 1.807) is 11.8 Å². The van der Waals surface area contributed by atoms with Crippen molar-refractivity contribution in [3.8, 4) is 17.5 Å². The van der Waals surface area contributed by atoms with Crippen LogP contribution in [0.5, 0.6) is 0 Å². The van der Waals surface area contributed by atoms with E-state index >= 15 is 0 Å². The molecule has 0 fully saturated rings. The van der Waals surface area contributed by atoms with Crippen molar-refractivity contribution >= 4 is 11.8 Å². The molecule has 2 rings (SSSR count). The van der Waals surface area contributed by atoms with Crippen molar-refractivity contribution in [2.45, 2.75) is 11.4 Å². The van der Waals surface area contributed by atoms with Crippen LogP contribution in [0, 0.1) is 11.3 Å². The van der Waals surface area contributed by atoms with Gasteiger partial charge in [0.1, 0.15) is 6.54 Å². The van der Waals surface area contributed by atoms with Crippen LogP contribution in [0.25, 0.3) is 11.4 Å². The third kappa shape index (κ3) is 2.20.